The Hall–Kier alpha value is -6.98. The Kier molecular flexibility index (Phi) is 10.2. The number of hydrogen-bond acceptors (Lipinski definition) is 4. The van der Waals surface area contributed by atoms with E-state index in [9.17, 15) is 5.11 Å². The summed E-state index contributed by atoms with van der Waals surface area (Å²) in [5, 5.41) is 17.0. The number of benzene rings is 7. The lowest BCUT2D eigenvalue weighted by atomic mass is 9.79. The summed E-state index contributed by atoms with van der Waals surface area (Å²) in [4.78, 5) is 10.9. The van der Waals surface area contributed by atoms with Gasteiger partial charge in [-0.1, -0.05) is 174 Å². The van der Waals surface area contributed by atoms with Crippen LogP contribution in [0.25, 0.3) is 94.3 Å². The van der Waals surface area contributed by atoms with Crippen molar-refractivity contribution in [2.24, 2.45) is 0 Å². The van der Waals surface area contributed by atoms with Crippen molar-refractivity contribution < 1.29 is 9.52 Å². The predicted molar refractivity (Wildman–Crippen MR) is 282 cm³/mol. The molecule has 336 valence electrons. The van der Waals surface area contributed by atoms with Crippen molar-refractivity contribution in [2.75, 3.05) is 0 Å². The van der Waals surface area contributed by atoms with Crippen molar-refractivity contribution in [2.45, 2.75) is 105 Å². The molecule has 0 radical (unpaired) electrons. The van der Waals surface area contributed by atoms with Gasteiger partial charge in [0.05, 0.1) is 33.4 Å². The third kappa shape index (κ3) is 7.68. The SMILES string of the molecule is CC(C)(C)c1cc(-c2cccc3c2nc(-c2cc(C(C)(C)C)cc(C(C)(C)C)c2O)n3-c2ccc(C(C)(C)C)cc2-c2ccccc2)cc(-c2nccc3oc4ccc5ccccc5c4c23)c1. The molecule has 10 rings (SSSR count). The predicted octanol–water partition coefficient (Wildman–Crippen LogP) is 17.0. The van der Waals surface area contributed by atoms with Crippen LogP contribution in [-0.2, 0) is 21.7 Å². The molecule has 3 aromatic heterocycles. The molecular weight excluding hydrogens is 819 g/mol. The number of hydrogen-bond donors (Lipinski definition) is 1. The molecule has 0 amide bonds. The van der Waals surface area contributed by atoms with E-state index >= 15 is 0 Å². The summed E-state index contributed by atoms with van der Waals surface area (Å²) < 4.78 is 8.85. The second kappa shape index (κ2) is 15.6. The van der Waals surface area contributed by atoms with Gasteiger partial charge in [-0.05, 0) is 109 Å². The van der Waals surface area contributed by atoms with Gasteiger partial charge in [0, 0.05) is 33.8 Å². The van der Waals surface area contributed by atoms with Crippen LogP contribution in [0.15, 0.2) is 150 Å². The Morgan fingerprint density at radius 3 is 1.87 bits per heavy atom. The van der Waals surface area contributed by atoms with Gasteiger partial charge in [0.25, 0.3) is 0 Å². The van der Waals surface area contributed by atoms with E-state index in [1.54, 1.807) is 0 Å². The van der Waals surface area contributed by atoms with Crippen LogP contribution in [0.3, 0.4) is 0 Å². The first-order chi connectivity index (χ1) is 31.7. The molecule has 0 spiro atoms. The average molecular weight is 880 g/mol. The summed E-state index contributed by atoms with van der Waals surface area (Å²) >= 11 is 0. The zero-order valence-corrected chi connectivity index (χ0v) is 41.1. The molecule has 5 nitrogen and oxygen atoms in total. The van der Waals surface area contributed by atoms with Gasteiger partial charge in [0.15, 0.2) is 0 Å². The number of para-hydroxylation sites is 1. The Labute approximate surface area is 395 Å². The molecule has 0 aliphatic rings. The van der Waals surface area contributed by atoms with E-state index < -0.39 is 0 Å². The smallest absolute Gasteiger partial charge is 0.149 e. The van der Waals surface area contributed by atoms with Crippen LogP contribution in [0.5, 0.6) is 5.75 Å². The molecule has 0 fully saturated rings. The maximum Gasteiger partial charge on any atom is 0.149 e. The molecule has 0 bridgehead atoms. The van der Waals surface area contributed by atoms with Crippen LogP contribution < -0.4 is 0 Å². The minimum atomic E-state index is -0.334. The molecule has 67 heavy (non-hydrogen) atoms. The van der Waals surface area contributed by atoms with Crippen LogP contribution in [0.4, 0.5) is 0 Å². The first-order valence-electron chi connectivity index (χ1n) is 23.6. The molecule has 0 aliphatic heterocycles. The summed E-state index contributed by atoms with van der Waals surface area (Å²) in [6.07, 6.45) is 1.86. The molecule has 0 saturated carbocycles. The number of aromatic hydroxyl groups is 1. The highest BCUT2D eigenvalue weighted by molar-refractivity contribution is 6.22. The number of imidazole rings is 1. The number of nitrogens with zero attached hydrogens (tertiary/aromatic N) is 3. The van der Waals surface area contributed by atoms with E-state index in [4.69, 9.17) is 14.4 Å². The van der Waals surface area contributed by atoms with Crippen molar-refractivity contribution in [3.8, 4) is 56.3 Å². The molecule has 10 aromatic rings. The minimum Gasteiger partial charge on any atom is -0.507 e. The minimum absolute atomic E-state index is 0.0825. The van der Waals surface area contributed by atoms with E-state index in [1.165, 1.54) is 11.1 Å². The van der Waals surface area contributed by atoms with E-state index in [2.05, 4.69) is 221 Å². The van der Waals surface area contributed by atoms with Crippen LogP contribution in [-0.4, -0.2) is 19.6 Å². The zero-order valence-electron chi connectivity index (χ0n) is 41.1. The van der Waals surface area contributed by atoms with Gasteiger partial charge in [-0.25, -0.2) is 4.98 Å². The molecule has 7 aromatic carbocycles. The summed E-state index contributed by atoms with van der Waals surface area (Å²) in [5.74, 6) is 0.940. The van der Waals surface area contributed by atoms with E-state index in [1.807, 2.05) is 12.3 Å². The summed E-state index contributed by atoms with van der Waals surface area (Å²) in [6.45, 7) is 26.8. The Morgan fingerprint density at radius 2 is 1.15 bits per heavy atom. The maximum atomic E-state index is 12.6. The molecule has 0 aliphatic carbocycles. The normalized spacial score (nSPS) is 12.8. The van der Waals surface area contributed by atoms with Crippen molar-refractivity contribution in [3.05, 3.63) is 168 Å². The van der Waals surface area contributed by atoms with E-state index in [0.717, 1.165) is 94.1 Å². The molecule has 0 atom stereocenters. The van der Waals surface area contributed by atoms with Gasteiger partial charge in [0.1, 0.15) is 22.7 Å². The first-order valence-corrected chi connectivity index (χ1v) is 23.6. The van der Waals surface area contributed by atoms with Gasteiger partial charge in [0.2, 0.25) is 0 Å². The number of fused-ring (bicyclic) bond motifs is 6. The quantitative estimate of drug-likeness (QED) is 0.187. The number of phenols is 1. The largest absolute Gasteiger partial charge is 0.507 e. The molecule has 0 unspecified atom stereocenters. The molecular formula is C62H61N3O2. The van der Waals surface area contributed by atoms with Crippen molar-refractivity contribution >= 4 is 43.7 Å². The fraction of sp³-hybridized carbons (Fsp3) is 0.258. The van der Waals surface area contributed by atoms with Crippen LogP contribution >= 0.6 is 0 Å². The van der Waals surface area contributed by atoms with Crippen molar-refractivity contribution in [1.82, 2.24) is 14.5 Å². The number of furan rings is 1. The van der Waals surface area contributed by atoms with Crippen molar-refractivity contribution in [1.29, 1.82) is 0 Å². The van der Waals surface area contributed by atoms with Gasteiger partial charge < -0.3 is 9.52 Å². The summed E-state index contributed by atoms with van der Waals surface area (Å²) in [6, 6.07) is 49.9. The average Bonchev–Trinajstić information content (AvgIpc) is 3.87. The topological polar surface area (TPSA) is 64.1 Å². The lowest BCUT2D eigenvalue weighted by molar-refractivity contribution is 0.446. The van der Waals surface area contributed by atoms with Gasteiger partial charge >= 0.3 is 0 Å². The molecule has 3 heterocycles. The summed E-state index contributed by atoms with van der Waals surface area (Å²) in [7, 11) is 0. The summed E-state index contributed by atoms with van der Waals surface area (Å²) in [5.41, 5.74) is 14.9. The highest BCUT2D eigenvalue weighted by Gasteiger charge is 2.30. The maximum absolute atomic E-state index is 12.6. The first kappa shape index (κ1) is 43.9. The lowest BCUT2D eigenvalue weighted by Gasteiger charge is -2.28. The second-order valence-electron chi connectivity index (χ2n) is 22.6. The number of rotatable bonds is 5. The molecule has 1 N–H and O–H groups in total. The van der Waals surface area contributed by atoms with Crippen LogP contribution in [0, 0.1) is 0 Å². The third-order valence-corrected chi connectivity index (χ3v) is 13.6. The second-order valence-corrected chi connectivity index (χ2v) is 22.6. The van der Waals surface area contributed by atoms with Crippen LogP contribution in [0.1, 0.15) is 105 Å². The Morgan fingerprint density at radius 1 is 0.493 bits per heavy atom. The fourth-order valence-corrected chi connectivity index (χ4v) is 9.67. The van der Waals surface area contributed by atoms with Crippen molar-refractivity contribution in [3.63, 3.8) is 0 Å². The van der Waals surface area contributed by atoms with Crippen LogP contribution in [0.2, 0.25) is 0 Å². The Bertz CT molecular complexity index is 3560. The lowest BCUT2D eigenvalue weighted by Crippen LogP contribution is -2.17. The van der Waals surface area contributed by atoms with Gasteiger partial charge in [-0.3, -0.25) is 9.55 Å². The fourth-order valence-electron chi connectivity index (χ4n) is 9.67. The highest BCUT2D eigenvalue weighted by Crippen LogP contribution is 2.47. The molecule has 0 saturated heterocycles. The molecule has 5 heteroatoms. The Balaban J connectivity index is 1.31. The number of pyridine rings is 1. The van der Waals surface area contributed by atoms with E-state index in [0.29, 0.717) is 11.4 Å². The van der Waals surface area contributed by atoms with Gasteiger partial charge in [-0.2, -0.15) is 0 Å². The number of aromatic nitrogens is 3. The number of phenolic OH excluding ortho intramolecular Hbond substituents is 1. The standard InChI is InChI=1S/C62H61N3O2/c1-59(2,3)41-26-27-49(46(34-41)37-19-14-13-15-20-37)65-50-24-18-23-45(56(50)64-58(65)47-35-43(61(7,8)9)36-48(57(47)66)62(10,11)12)39-31-40(33-42(32-39)60(4,5)6)55-54-52(29-30-63-55)67-51-28-25-38-21-16-17-22-44(38)53(51)54/h13-36,66H,1-12H3. The zero-order chi connectivity index (χ0) is 47.4. The monoisotopic (exact) mass is 879 g/mol. The van der Waals surface area contributed by atoms with E-state index in [-0.39, 0.29) is 27.4 Å². The highest BCUT2D eigenvalue weighted by atomic mass is 16.3. The third-order valence-electron chi connectivity index (χ3n) is 13.6. The van der Waals surface area contributed by atoms with Gasteiger partial charge in [-0.15, -0.1) is 0 Å².